The van der Waals surface area contributed by atoms with Gasteiger partial charge in [0.05, 0.1) is 11.3 Å². The molecule has 2 N–H and O–H groups in total. The van der Waals surface area contributed by atoms with Crippen LogP contribution < -0.4 is 0 Å². The van der Waals surface area contributed by atoms with Crippen LogP contribution in [0.2, 0.25) is 0 Å². The first-order valence-corrected chi connectivity index (χ1v) is 8.06. The van der Waals surface area contributed by atoms with Crippen LogP contribution in [0, 0.1) is 13.8 Å². The molecule has 0 aliphatic carbocycles. The summed E-state index contributed by atoms with van der Waals surface area (Å²) in [5.74, 6) is 0.830. The molecular weight excluding hydrogens is 300 g/mol. The van der Waals surface area contributed by atoms with Crippen LogP contribution in [0.3, 0.4) is 0 Å². The number of aromatic amines is 1. The Morgan fingerprint density at radius 2 is 1.79 bits per heavy atom. The van der Waals surface area contributed by atoms with Crippen LogP contribution >= 0.6 is 0 Å². The fourth-order valence-corrected chi connectivity index (χ4v) is 3.33. The van der Waals surface area contributed by atoms with Gasteiger partial charge in [0.2, 0.25) is 0 Å². The lowest BCUT2D eigenvalue weighted by molar-refractivity contribution is 0.0787. The van der Waals surface area contributed by atoms with Crippen LogP contribution in [-0.4, -0.2) is 15.2 Å². The third-order valence-electron chi connectivity index (χ3n) is 4.63. The highest BCUT2D eigenvalue weighted by Gasteiger charge is 2.18. The van der Waals surface area contributed by atoms with E-state index in [9.17, 15) is 5.11 Å². The Hall–Kier alpha value is -2.59. The molecular formula is C20H20N2O2. The van der Waals surface area contributed by atoms with E-state index in [0.717, 1.165) is 50.0 Å². The highest BCUT2D eigenvalue weighted by molar-refractivity contribution is 6.08. The topological polar surface area (TPSA) is 62.0 Å². The van der Waals surface area contributed by atoms with Crippen molar-refractivity contribution in [1.82, 2.24) is 10.1 Å². The minimum absolute atomic E-state index is 0.830. The summed E-state index contributed by atoms with van der Waals surface area (Å²) in [5.41, 5.74) is 5.20. The molecule has 0 saturated heterocycles. The Labute approximate surface area is 140 Å². The molecule has 0 bridgehead atoms. The van der Waals surface area contributed by atoms with Crippen LogP contribution in [0.25, 0.3) is 32.9 Å². The Kier molecular flexibility index (Phi) is 3.09. The van der Waals surface area contributed by atoms with E-state index in [0.29, 0.717) is 0 Å². The summed E-state index contributed by atoms with van der Waals surface area (Å²) in [6, 6.07) is 12.4. The summed E-state index contributed by atoms with van der Waals surface area (Å²) in [5, 5.41) is 16.6. The minimum atomic E-state index is -0.854. The fourth-order valence-electron chi connectivity index (χ4n) is 3.33. The molecule has 0 amide bonds. The SMILES string of the molecule is Cc1noc(C)c1-c1ccc2[nH]c3cc(C(C)(C)O)ccc3c2c1. The number of nitrogens with one attached hydrogen (secondary N) is 1. The van der Waals surface area contributed by atoms with Crippen LogP contribution in [0.15, 0.2) is 40.9 Å². The zero-order valence-corrected chi connectivity index (χ0v) is 14.3. The van der Waals surface area contributed by atoms with Gasteiger partial charge in [-0.25, -0.2) is 0 Å². The lowest BCUT2D eigenvalue weighted by Crippen LogP contribution is -2.14. The number of aryl methyl sites for hydroxylation is 2. The molecule has 24 heavy (non-hydrogen) atoms. The van der Waals surface area contributed by atoms with Gasteiger partial charge in [0.1, 0.15) is 5.76 Å². The molecule has 2 aromatic heterocycles. The predicted molar refractivity (Wildman–Crippen MR) is 96.0 cm³/mol. The number of benzene rings is 2. The molecule has 0 fully saturated rings. The van der Waals surface area contributed by atoms with Crippen molar-refractivity contribution >= 4 is 21.8 Å². The number of hydrogen-bond acceptors (Lipinski definition) is 3. The highest BCUT2D eigenvalue weighted by Crippen LogP contribution is 2.34. The van der Waals surface area contributed by atoms with Crippen molar-refractivity contribution in [2.75, 3.05) is 0 Å². The maximum Gasteiger partial charge on any atom is 0.141 e. The van der Waals surface area contributed by atoms with Gasteiger partial charge < -0.3 is 14.6 Å². The lowest BCUT2D eigenvalue weighted by Gasteiger charge is -2.17. The van der Waals surface area contributed by atoms with Gasteiger partial charge in [0.15, 0.2) is 0 Å². The smallest absolute Gasteiger partial charge is 0.141 e. The van der Waals surface area contributed by atoms with E-state index < -0.39 is 5.60 Å². The van der Waals surface area contributed by atoms with Gasteiger partial charge in [0.25, 0.3) is 0 Å². The molecule has 4 nitrogen and oxygen atoms in total. The summed E-state index contributed by atoms with van der Waals surface area (Å²) in [6.07, 6.45) is 0. The van der Waals surface area contributed by atoms with Crippen LogP contribution in [0.4, 0.5) is 0 Å². The third kappa shape index (κ3) is 2.22. The normalized spacial score (nSPS) is 12.4. The molecule has 2 aromatic carbocycles. The third-order valence-corrected chi connectivity index (χ3v) is 4.63. The monoisotopic (exact) mass is 320 g/mol. The van der Waals surface area contributed by atoms with E-state index in [4.69, 9.17) is 4.52 Å². The zero-order chi connectivity index (χ0) is 17.1. The second-order valence-electron chi connectivity index (χ2n) is 6.90. The predicted octanol–water partition coefficient (Wildman–Crippen LogP) is 4.82. The second kappa shape index (κ2) is 4.95. The average Bonchev–Trinajstić information content (AvgIpc) is 3.05. The highest BCUT2D eigenvalue weighted by atomic mass is 16.5. The maximum absolute atomic E-state index is 10.2. The second-order valence-corrected chi connectivity index (χ2v) is 6.90. The number of nitrogens with zero attached hydrogens (tertiary/aromatic N) is 1. The lowest BCUT2D eigenvalue weighted by atomic mass is 9.96. The molecule has 4 aromatic rings. The van der Waals surface area contributed by atoms with Gasteiger partial charge in [-0.1, -0.05) is 23.4 Å². The quantitative estimate of drug-likeness (QED) is 0.556. The number of hydrogen-bond donors (Lipinski definition) is 2. The van der Waals surface area contributed by atoms with E-state index in [1.807, 2.05) is 26.0 Å². The molecule has 0 atom stereocenters. The first kappa shape index (κ1) is 15.0. The molecule has 0 radical (unpaired) electrons. The molecule has 0 spiro atoms. The average molecular weight is 320 g/mol. The van der Waals surface area contributed by atoms with Gasteiger partial charge >= 0.3 is 0 Å². The van der Waals surface area contributed by atoms with Gasteiger partial charge in [-0.05, 0) is 57.0 Å². The molecule has 0 saturated carbocycles. The van der Waals surface area contributed by atoms with E-state index in [-0.39, 0.29) is 0 Å². The summed E-state index contributed by atoms with van der Waals surface area (Å²) < 4.78 is 5.30. The molecule has 122 valence electrons. The van der Waals surface area contributed by atoms with E-state index in [1.165, 1.54) is 0 Å². The largest absolute Gasteiger partial charge is 0.386 e. The van der Waals surface area contributed by atoms with Crippen molar-refractivity contribution in [3.05, 3.63) is 53.4 Å². The Morgan fingerprint density at radius 1 is 1.00 bits per heavy atom. The fraction of sp³-hybridized carbons (Fsp3) is 0.250. The summed E-state index contributed by atoms with van der Waals surface area (Å²) in [6.45, 7) is 7.49. The van der Waals surface area contributed by atoms with Gasteiger partial charge in [-0.2, -0.15) is 0 Å². The van der Waals surface area contributed by atoms with Crippen molar-refractivity contribution < 1.29 is 9.63 Å². The Balaban J connectivity index is 1.95. The van der Waals surface area contributed by atoms with Crippen molar-refractivity contribution in [1.29, 1.82) is 0 Å². The van der Waals surface area contributed by atoms with Crippen molar-refractivity contribution in [2.24, 2.45) is 0 Å². The maximum atomic E-state index is 10.2. The first-order chi connectivity index (χ1) is 11.3. The van der Waals surface area contributed by atoms with Gasteiger partial charge in [-0.15, -0.1) is 0 Å². The van der Waals surface area contributed by atoms with Crippen molar-refractivity contribution in [2.45, 2.75) is 33.3 Å². The minimum Gasteiger partial charge on any atom is -0.386 e. The van der Waals surface area contributed by atoms with Crippen LogP contribution in [0.1, 0.15) is 30.9 Å². The van der Waals surface area contributed by atoms with Crippen LogP contribution in [0.5, 0.6) is 0 Å². The number of fused-ring (bicyclic) bond motifs is 3. The standard InChI is InChI=1S/C20H20N2O2/c1-11-19(12(2)24-22-11)13-5-8-17-16(9-13)15-7-6-14(20(3,4)23)10-18(15)21-17/h5-10,21,23H,1-4H3. The summed E-state index contributed by atoms with van der Waals surface area (Å²) in [7, 11) is 0. The van der Waals surface area contributed by atoms with Crippen molar-refractivity contribution in [3.63, 3.8) is 0 Å². The van der Waals surface area contributed by atoms with E-state index in [2.05, 4.69) is 34.4 Å². The number of aliphatic hydroxyl groups is 1. The van der Waals surface area contributed by atoms with Gasteiger partial charge in [0, 0.05) is 27.4 Å². The number of aromatic nitrogens is 2. The molecule has 4 heteroatoms. The molecule has 4 rings (SSSR count). The zero-order valence-electron chi connectivity index (χ0n) is 14.3. The first-order valence-electron chi connectivity index (χ1n) is 8.06. The van der Waals surface area contributed by atoms with Gasteiger partial charge in [-0.3, -0.25) is 0 Å². The van der Waals surface area contributed by atoms with E-state index in [1.54, 1.807) is 13.8 Å². The number of rotatable bonds is 2. The van der Waals surface area contributed by atoms with E-state index >= 15 is 0 Å². The summed E-state index contributed by atoms with van der Waals surface area (Å²) in [4.78, 5) is 3.44. The molecule has 2 heterocycles. The number of H-pyrrole nitrogens is 1. The molecule has 0 unspecified atom stereocenters. The summed E-state index contributed by atoms with van der Waals surface area (Å²) >= 11 is 0. The molecule has 0 aliphatic heterocycles. The molecule has 0 aliphatic rings. The Bertz CT molecular complexity index is 1050. The Morgan fingerprint density at radius 3 is 2.46 bits per heavy atom. The van der Waals surface area contributed by atoms with Crippen LogP contribution in [-0.2, 0) is 5.60 Å². The van der Waals surface area contributed by atoms with Crippen molar-refractivity contribution in [3.8, 4) is 11.1 Å².